The average Bonchev–Trinajstić information content (AvgIpc) is 2.59. The van der Waals surface area contributed by atoms with E-state index in [1.54, 1.807) is 12.1 Å². The van der Waals surface area contributed by atoms with Crippen molar-refractivity contribution in [2.45, 2.75) is 4.75 Å². The molecule has 5 heteroatoms. The highest BCUT2D eigenvalue weighted by atomic mass is 32.2. The summed E-state index contributed by atoms with van der Waals surface area (Å²) in [7, 11) is -1.62. The monoisotopic (exact) mass is 360 g/mol. The van der Waals surface area contributed by atoms with Crippen LogP contribution in [0.15, 0.2) is 72.8 Å². The second-order valence-electron chi connectivity index (χ2n) is 5.63. The lowest BCUT2D eigenvalue weighted by atomic mass is 9.83. The van der Waals surface area contributed by atoms with Crippen LogP contribution >= 0.6 is 0 Å². The van der Waals surface area contributed by atoms with Crippen LogP contribution in [-0.2, 0) is 15.5 Å². The summed E-state index contributed by atoms with van der Waals surface area (Å²) in [5.41, 5.74) is 1.12. The second-order valence-corrected chi connectivity index (χ2v) is 7.15. The molecule has 0 heterocycles. The lowest BCUT2D eigenvalue weighted by Gasteiger charge is -2.34. The highest BCUT2D eigenvalue weighted by Crippen LogP contribution is 2.43. The molecular weight excluding hydrogens is 345 g/mol. The Bertz CT molecular complexity index is 859. The van der Waals surface area contributed by atoms with E-state index in [1.807, 2.05) is 0 Å². The molecule has 25 heavy (non-hydrogen) atoms. The van der Waals surface area contributed by atoms with Crippen molar-refractivity contribution >= 4 is 10.8 Å². The SMILES string of the molecule is CS(=O)C(c1ccc(F)cc1)(c1ccc(F)cc1)c1ccccc1F. The van der Waals surface area contributed by atoms with Crippen molar-refractivity contribution in [3.05, 3.63) is 107 Å². The molecule has 128 valence electrons. The molecule has 0 radical (unpaired) electrons. The van der Waals surface area contributed by atoms with Gasteiger partial charge in [-0.25, -0.2) is 13.2 Å². The fraction of sp³-hybridized carbons (Fsp3) is 0.100. The number of halogens is 3. The number of hydrogen-bond acceptors (Lipinski definition) is 1. The maximum atomic E-state index is 14.7. The van der Waals surface area contributed by atoms with Gasteiger partial charge in [0.2, 0.25) is 0 Å². The Morgan fingerprint density at radius 2 is 1.16 bits per heavy atom. The van der Waals surface area contributed by atoms with Gasteiger partial charge in [-0.2, -0.15) is 0 Å². The Morgan fingerprint density at radius 3 is 1.56 bits per heavy atom. The smallest absolute Gasteiger partial charge is 0.128 e. The van der Waals surface area contributed by atoms with Gasteiger partial charge in [-0.1, -0.05) is 42.5 Å². The van der Waals surface area contributed by atoms with Crippen LogP contribution in [-0.4, -0.2) is 10.5 Å². The van der Waals surface area contributed by atoms with Crippen molar-refractivity contribution < 1.29 is 17.4 Å². The van der Waals surface area contributed by atoms with Gasteiger partial charge in [0.25, 0.3) is 0 Å². The quantitative estimate of drug-likeness (QED) is 0.612. The van der Waals surface area contributed by atoms with Crippen LogP contribution in [0.1, 0.15) is 16.7 Å². The molecule has 1 atom stereocenters. The van der Waals surface area contributed by atoms with Crippen molar-refractivity contribution in [3.8, 4) is 0 Å². The molecule has 1 nitrogen and oxygen atoms in total. The van der Waals surface area contributed by atoms with Gasteiger partial charge in [-0.05, 0) is 41.5 Å². The molecule has 0 aliphatic carbocycles. The Hall–Kier alpha value is -2.40. The van der Waals surface area contributed by atoms with E-state index >= 15 is 0 Å². The highest BCUT2D eigenvalue weighted by molar-refractivity contribution is 7.85. The predicted octanol–water partition coefficient (Wildman–Crippen LogP) is 4.77. The summed E-state index contributed by atoms with van der Waals surface area (Å²) < 4.78 is 53.1. The van der Waals surface area contributed by atoms with Crippen molar-refractivity contribution in [2.24, 2.45) is 0 Å². The van der Waals surface area contributed by atoms with E-state index in [2.05, 4.69) is 0 Å². The molecule has 0 saturated heterocycles. The minimum atomic E-state index is -1.62. The predicted molar refractivity (Wildman–Crippen MR) is 93.1 cm³/mol. The molecule has 1 unspecified atom stereocenters. The van der Waals surface area contributed by atoms with E-state index in [9.17, 15) is 17.4 Å². The van der Waals surface area contributed by atoms with Gasteiger partial charge in [0, 0.05) is 22.6 Å². The van der Waals surface area contributed by atoms with Crippen molar-refractivity contribution in [2.75, 3.05) is 6.26 Å². The normalized spacial score (nSPS) is 12.8. The van der Waals surface area contributed by atoms with Crippen molar-refractivity contribution in [3.63, 3.8) is 0 Å². The highest BCUT2D eigenvalue weighted by Gasteiger charge is 2.42. The Balaban J connectivity index is 2.40. The molecule has 0 aromatic heterocycles. The van der Waals surface area contributed by atoms with Crippen LogP contribution in [0.4, 0.5) is 13.2 Å². The molecule has 0 fully saturated rings. The van der Waals surface area contributed by atoms with Gasteiger partial charge >= 0.3 is 0 Å². The van der Waals surface area contributed by atoms with Gasteiger partial charge < -0.3 is 0 Å². The third-order valence-corrected chi connectivity index (χ3v) is 5.74. The zero-order valence-electron chi connectivity index (χ0n) is 13.4. The summed E-state index contributed by atoms with van der Waals surface area (Å²) >= 11 is 0. The van der Waals surface area contributed by atoms with Crippen LogP contribution in [0, 0.1) is 17.5 Å². The first-order valence-electron chi connectivity index (χ1n) is 7.57. The van der Waals surface area contributed by atoms with Crippen LogP contribution in [0.25, 0.3) is 0 Å². The van der Waals surface area contributed by atoms with Gasteiger partial charge in [-0.15, -0.1) is 0 Å². The van der Waals surface area contributed by atoms with Crippen LogP contribution < -0.4 is 0 Å². The summed E-state index contributed by atoms with van der Waals surface area (Å²) in [5, 5.41) is 0. The van der Waals surface area contributed by atoms with E-state index in [0.717, 1.165) is 0 Å². The summed E-state index contributed by atoms with van der Waals surface area (Å²) in [4.78, 5) is 0. The fourth-order valence-corrected chi connectivity index (χ4v) is 4.49. The zero-order valence-corrected chi connectivity index (χ0v) is 14.2. The summed E-state index contributed by atoms with van der Waals surface area (Å²) in [6, 6.07) is 16.9. The molecule has 0 amide bonds. The van der Waals surface area contributed by atoms with E-state index in [0.29, 0.717) is 11.1 Å². The lowest BCUT2D eigenvalue weighted by Crippen LogP contribution is -2.35. The minimum absolute atomic E-state index is 0.189. The zero-order chi connectivity index (χ0) is 18.0. The third-order valence-electron chi connectivity index (χ3n) is 4.19. The molecule has 0 bridgehead atoms. The van der Waals surface area contributed by atoms with Crippen LogP contribution in [0.5, 0.6) is 0 Å². The van der Waals surface area contributed by atoms with Crippen molar-refractivity contribution in [1.82, 2.24) is 0 Å². The van der Waals surface area contributed by atoms with Crippen molar-refractivity contribution in [1.29, 1.82) is 0 Å². The molecule has 3 aromatic rings. The second kappa shape index (κ2) is 6.84. The van der Waals surface area contributed by atoms with Crippen LogP contribution in [0.3, 0.4) is 0 Å². The summed E-state index contributed by atoms with van der Waals surface area (Å²) in [6.07, 6.45) is 1.46. The first kappa shape index (κ1) is 17.4. The fourth-order valence-electron chi connectivity index (χ4n) is 3.08. The summed E-state index contributed by atoms with van der Waals surface area (Å²) in [6.45, 7) is 0. The van der Waals surface area contributed by atoms with Crippen LogP contribution in [0.2, 0.25) is 0 Å². The molecule has 0 aliphatic rings. The number of benzene rings is 3. The largest absolute Gasteiger partial charge is 0.258 e. The third kappa shape index (κ3) is 3.00. The molecule has 3 aromatic carbocycles. The molecule has 0 saturated carbocycles. The minimum Gasteiger partial charge on any atom is -0.258 e. The molecule has 3 rings (SSSR count). The average molecular weight is 360 g/mol. The molecule has 0 aliphatic heterocycles. The van der Waals surface area contributed by atoms with E-state index in [1.165, 1.54) is 66.9 Å². The Labute approximate surface area is 146 Å². The lowest BCUT2D eigenvalue weighted by molar-refractivity contribution is 0.590. The molecule has 0 spiro atoms. The molecular formula is C20H15F3OS. The van der Waals surface area contributed by atoms with Gasteiger partial charge in [0.15, 0.2) is 0 Å². The molecule has 0 N–H and O–H groups in total. The first-order chi connectivity index (χ1) is 12.0. The van der Waals surface area contributed by atoms with Gasteiger partial charge in [0.1, 0.15) is 22.2 Å². The van der Waals surface area contributed by atoms with Gasteiger partial charge in [0.05, 0.1) is 0 Å². The van der Waals surface area contributed by atoms with Gasteiger partial charge in [-0.3, -0.25) is 4.21 Å². The van der Waals surface area contributed by atoms with E-state index < -0.39 is 33.0 Å². The standard InChI is InChI=1S/C20H15F3OS/c1-25(24)20(14-6-10-16(21)11-7-14,15-8-12-17(22)13-9-15)18-4-2-3-5-19(18)23/h2-13H,1H3. The number of hydrogen-bond donors (Lipinski definition) is 0. The maximum absolute atomic E-state index is 14.7. The number of rotatable bonds is 4. The Morgan fingerprint density at radius 1 is 0.720 bits per heavy atom. The topological polar surface area (TPSA) is 17.1 Å². The maximum Gasteiger partial charge on any atom is 0.128 e. The van der Waals surface area contributed by atoms with E-state index in [4.69, 9.17) is 0 Å². The first-order valence-corrected chi connectivity index (χ1v) is 9.12. The Kier molecular flexibility index (Phi) is 4.77. The summed E-state index contributed by atoms with van der Waals surface area (Å²) in [5.74, 6) is -1.44. The van der Waals surface area contributed by atoms with E-state index in [-0.39, 0.29) is 5.56 Å².